The van der Waals surface area contributed by atoms with Gasteiger partial charge in [0.25, 0.3) is 11.5 Å². The van der Waals surface area contributed by atoms with Gasteiger partial charge in [-0.15, -0.1) is 0 Å². The molecule has 4 rings (SSSR count). The number of hydrogen-bond acceptors (Lipinski definition) is 5. The summed E-state index contributed by atoms with van der Waals surface area (Å²) in [7, 11) is 1.70. The van der Waals surface area contributed by atoms with E-state index in [1.807, 2.05) is 49.4 Å². The third kappa shape index (κ3) is 5.55. The van der Waals surface area contributed by atoms with Crippen LogP contribution in [0.1, 0.15) is 40.1 Å². The highest BCUT2D eigenvalue weighted by atomic mass is 16.2. The standard InChI is InChI=1S/C28H27N5O3/c1-18-23(28(36)32-26(30-18)24-14-7-8-15-29-24)17-25(34)33(3)19(2)21-12-9-13-22(16-21)31-27(35)20-10-5-4-6-11-20/h4-16,19H,17H2,1-3H3,(H,31,35)(H,30,32,36)/t19-/m0/s1. The van der Waals surface area contributed by atoms with Crippen molar-refractivity contribution in [2.45, 2.75) is 26.3 Å². The molecule has 0 aliphatic rings. The lowest BCUT2D eigenvalue weighted by molar-refractivity contribution is -0.131. The lowest BCUT2D eigenvalue weighted by Crippen LogP contribution is -2.33. The lowest BCUT2D eigenvalue weighted by Gasteiger charge is -2.26. The van der Waals surface area contributed by atoms with Gasteiger partial charge in [0, 0.05) is 35.8 Å². The van der Waals surface area contributed by atoms with Crippen molar-refractivity contribution in [3.05, 3.63) is 112 Å². The summed E-state index contributed by atoms with van der Waals surface area (Å²) in [6.07, 6.45) is 1.54. The Bertz CT molecular complexity index is 1430. The summed E-state index contributed by atoms with van der Waals surface area (Å²) >= 11 is 0. The molecule has 0 unspecified atom stereocenters. The second-order valence-corrected chi connectivity index (χ2v) is 8.50. The van der Waals surface area contributed by atoms with Crippen LogP contribution in [0.25, 0.3) is 11.5 Å². The molecular formula is C28H27N5O3. The van der Waals surface area contributed by atoms with Gasteiger partial charge in [-0.3, -0.25) is 19.4 Å². The van der Waals surface area contributed by atoms with Gasteiger partial charge in [0.1, 0.15) is 5.69 Å². The molecule has 2 heterocycles. The fourth-order valence-corrected chi connectivity index (χ4v) is 3.83. The number of anilines is 1. The summed E-state index contributed by atoms with van der Waals surface area (Å²) in [4.78, 5) is 51.4. The van der Waals surface area contributed by atoms with Crippen molar-refractivity contribution in [1.82, 2.24) is 19.9 Å². The lowest BCUT2D eigenvalue weighted by atomic mass is 10.0. The van der Waals surface area contributed by atoms with Crippen LogP contribution in [-0.2, 0) is 11.2 Å². The van der Waals surface area contributed by atoms with E-state index in [9.17, 15) is 14.4 Å². The molecule has 0 spiro atoms. The van der Waals surface area contributed by atoms with Crippen molar-refractivity contribution >= 4 is 17.5 Å². The van der Waals surface area contributed by atoms with Crippen LogP contribution in [-0.4, -0.2) is 38.7 Å². The second kappa shape index (κ2) is 10.8. The molecule has 0 aliphatic carbocycles. The van der Waals surface area contributed by atoms with Crippen molar-refractivity contribution in [2.75, 3.05) is 12.4 Å². The molecule has 1 atom stereocenters. The normalized spacial score (nSPS) is 11.5. The van der Waals surface area contributed by atoms with Crippen molar-refractivity contribution in [2.24, 2.45) is 0 Å². The predicted molar refractivity (Wildman–Crippen MR) is 139 cm³/mol. The molecule has 8 heteroatoms. The van der Waals surface area contributed by atoms with E-state index in [-0.39, 0.29) is 29.8 Å². The molecule has 2 aromatic heterocycles. The van der Waals surface area contributed by atoms with Gasteiger partial charge in [0.05, 0.1) is 12.5 Å². The summed E-state index contributed by atoms with van der Waals surface area (Å²) in [5.41, 5.74) is 3.05. The topological polar surface area (TPSA) is 108 Å². The van der Waals surface area contributed by atoms with Crippen LogP contribution in [0.2, 0.25) is 0 Å². The van der Waals surface area contributed by atoms with E-state index >= 15 is 0 Å². The van der Waals surface area contributed by atoms with Crippen molar-refractivity contribution in [1.29, 1.82) is 0 Å². The van der Waals surface area contributed by atoms with E-state index in [0.717, 1.165) is 5.56 Å². The SMILES string of the molecule is Cc1nc(-c2ccccn2)[nH]c(=O)c1CC(=O)N(C)[C@@H](C)c1cccc(NC(=O)c2ccccc2)c1. The second-order valence-electron chi connectivity index (χ2n) is 8.50. The van der Waals surface area contributed by atoms with Crippen LogP contribution in [0.3, 0.4) is 0 Å². The van der Waals surface area contributed by atoms with Crippen molar-refractivity contribution in [3.8, 4) is 11.5 Å². The number of likely N-dealkylation sites (N-methyl/N-ethyl adjacent to an activating group) is 1. The zero-order chi connectivity index (χ0) is 25.7. The molecule has 0 aliphatic heterocycles. The van der Waals surface area contributed by atoms with Crippen LogP contribution in [0.5, 0.6) is 0 Å². The number of aryl methyl sites for hydroxylation is 1. The Hall–Kier alpha value is -4.59. The molecule has 0 radical (unpaired) electrons. The van der Waals surface area contributed by atoms with E-state index < -0.39 is 0 Å². The molecule has 4 aromatic rings. The Morgan fingerprint density at radius 1 is 1.03 bits per heavy atom. The fourth-order valence-electron chi connectivity index (χ4n) is 3.83. The molecule has 0 bridgehead atoms. The number of aromatic nitrogens is 3. The minimum absolute atomic E-state index is 0.0814. The number of hydrogen-bond donors (Lipinski definition) is 2. The molecule has 36 heavy (non-hydrogen) atoms. The Morgan fingerprint density at radius 2 is 1.78 bits per heavy atom. The number of aromatic amines is 1. The predicted octanol–water partition coefficient (Wildman–Crippen LogP) is 4.15. The number of H-pyrrole nitrogens is 1. The smallest absolute Gasteiger partial charge is 0.255 e. The molecule has 2 N–H and O–H groups in total. The van der Waals surface area contributed by atoms with Crippen LogP contribution >= 0.6 is 0 Å². The van der Waals surface area contributed by atoms with Crippen molar-refractivity contribution in [3.63, 3.8) is 0 Å². The minimum atomic E-state index is -0.358. The Morgan fingerprint density at radius 3 is 2.47 bits per heavy atom. The highest BCUT2D eigenvalue weighted by molar-refractivity contribution is 6.04. The first-order chi connectivity index (χ1) is 17.3. The van der Waals surface area contributed by atoms with Crippen LogP contribution in [0.4, 0.5) is 5.69 Å². The molecule has 0 saturated carbocycles. The van der Waals surface area contributed by atoms with Crippen LogP contribution in [0, 0.1) is 6.92 Å². The number of amides is 2. The molecule has 0 saturated heterocycles. The maximum Gasteiger partial charge on any atom is 0.255 e. The Kier molecular flexibility index (Phi) is 7.34. The number of carbonyl (C=O) groups excluding carboxylic acids is 2. The van der Waals surface area contributed by atoms with E-state index in [4.69, 9.17) is 0 Å². The zero-order valence-corrected chi connectivity index (χ0v) is 20.4. The molecular weight excluding hydrogens is 454 g/mol. The first-order valence-electron chi connectivity index (χ1n) is 11.6. The Balaban J connectivity index is 1.47. The maximum atomic E-state index is 13.1. The summed E-state index contributed by atoms with van der Waals surface area (Å²) < 4.78 is 0. The van der Waals surface area contributed by atoms with Gasteiger partial charge >= 0.3 is 0 Å². The van der Waals surface area contributed by atoms with E-state index in [1.54, 1.807) is 55.4 Å². The van der Waals surface area contributed by atoms with Crippen molar-refractivity contribution < 1.29 is 9.59 Å². The monoisotopic (exact) mass is 481 g/mol. The van der Waals surface area contributed by atoms with E-state index in [2.05, 4.69) is 20.3 Å². The fraction of sp³-hybridized carbons (Fsp3) is 0.179. The number of rotatable bonds is 7. The summed E-state index contributed by atoms with van der Waals surface area (Å²) in [5, 5.41) is 2.89. The third-order valence-corrected chi connectivity index (χ3v) is 6.09. The van der Waals surface area contributed by atoms with Crippen LogP contribution < -0.4 is 10.9 Å². The summed E-state index contributed by atoms with van der Waals surface area (Å²) in [5.74, 6) is -0.0613. The number of nitrogens with one attached hydrogen (secondary N) is 2. The van der Waals surface area contributed by atoms with Gasteiger partial charge in [-0.25, -0.2) is 4.98 Å². The number of nitrogens with zero attached hydrogens (tertiary/aromatic N) is 3. The number of pyridine rings is 1. The van der Waals surface area contributed by atoms with Gasteiger partial charge in [-0.2, -0.15) is 0 Å². The average molecular weight is 482 g/mol. The van der Waals surface area contributed by atoms with Gasteiger partial charge in [0.2, 0.25) is 5.91 Å². The van der Waals surface area contributed by atoms with Gasteiger partial charge < -0.3 is 15.2 Å². The first-order valence-corrected chi connectivity index (χ1v) is 11.6. The van der Waals surface area contributed by atoms with Gasteiger partial charge in [-0.05, 0) is 55.8 Å². The largest absolute Gasteiger partial charge is 0.339 e. The molecule has 0 fully saturated rings. The quantitative estimate of drug-likeness (QED) is 0.412. The number of benzene rings is 2. The summed E-state index contributed by atoms with van der Waals surface area (Å²) in [6, 6.07) is 21.4. The average Bonchev–Trinajstić information content (AvgIpc) is 2.90. The van der Waals surface area contributed by atoms with E-state index in [0.29, 0.717) is 34.0 Å². The minimum Gasteiger partial charge on any atom is -0.339 e. The maximum absolute atomic E-state index is 13.1. The van der Waals surface area contributed by atoms with E-state index in [1.165, 1.54) is 0 Å². The molecule has 2 amide bonds. The number of carbonyl (C=O) groups is 2. The van der Waals surface area contributed by atoms with Gasteiger partial charge in [0.15, 0.2) is 5.82 Å². The highest BCUT2D eigenvalue weighted by Gasteiger charge is 2.21. The molecule has 182 valence electrons. The highest BCUT2D eigenvalue weighted by Crippen LogP contribution is 2.23. The first kappa shape index (κ1) is 24.5. The third-order valence-electron chi connectivity index (χ3n) is 6.09. The summed E-state index contributed by atoms with van der Waals surface area (Å²) in [6.45, 7) is 3.61. The molecule has 2 aromatic carbocycles. The van der Waals surface area contributed by atoms with Gasteiger partial charge in [-0.1, -0.05) is 36.4 Å². The Labute approximate surface area is 209 Å². The molecule has 8 nitrogen and oxygen atoms in total. The van der Waals surface area contributed by atoms with Crippen LogP contribution in [0.15, 0.2) is 83.8 Å². The zero-order valence-electron chi connectivity index (χ0n) is 20.4.